The highest BCUT2D eigenvalue weighted by Crippen LogP contribution is 2.09. The minimum Gasteiger partial charge on any atom is -0.396 e. The van der Waals surface area contributed by atoms with Gasteiger partial charge in [-0.3, -0.25) is 0 Å². The lowest BCUT2D eigenvalue weighted by Gasteiger charge is -2.13. The highest BCUT2D eigenvalue weighted by Gasteiger charge is 2.04. The predicted octanol–water partition coefficient (Wildman–Crippen LogP) is 2.29. The highest BCUT2D eigenvalue weighted by molar-refractivity contribution is 7.09. The van der Waals surface area contributed by atoms with Crippen molar-refractivity contribution in [1.82, 2.24) is 5.32 Å². The molecule has 2 N–H and O–H groups in total. The second kappa shape index (κ2) is 7.85. The fourth-order valence-corrected chi connectivity index (χ4v) is 2.31. The molecule has 0 radical (unpaired) electrons. The van der Waals surface area contributed by atoms with E-state index in [2.05, 4.69) is 29.8 Å². The standard InChI is InChI=1S/C12H21NOS/c1-2-11(6-8-14)10-13-7-5-12-4-3-9-15-12/h3-4,9,11,13-14H,2,5-8,10H2,1H3. The molecule has 0 fully saturated rings. The fourth-order valence-electron chi connectivity index (χ4n) is 1.61. The SMILES string of the molecule is CCC(CCO)CNCCc1cccs1. The number of aliphatic hydroxyl groups excluding tert-OH is 1. The molecule has 0 spiro atoms. The maximum atomic E-state index is 8.85. The van der Waals surface area contributed by atoms with Gasteiger partial charge in [0.25, 0.3) is 0 Å². The molecule has 2 nitrogen and oxygen atoms in total. The summed E-state index contributed by atoms with van der Waals surface area (Å²) in [5, 5.41) is 14.4. The molecule has 0 bridgehead atoms. The molecule has 3 heteroatoms. The third-order valence-electron chi connectivity index (χ3n) is 2.68. The van der Waals surface area contributed by atoms with Crippen molar-refractivity contribution in [2.24, 2.45) is 5.92 Å². The number of rotatable bonds is 8. The van der Waals surface area contributed by atoms with Gasteiger partial charge in [-0.05, 0) is 43.3 Å². The zero-order valence-electron chi connectivity index (χ0n) is 9.41. The van der Waals surface area contributed by atoms with Gasteiger partial charge in [-0.1, -0.05) is 19.4 Å². The van der Waals surface area contributed by atoms with E-state index in [0.29, 0.717) is 12.5 Å². The molecule has 1 aromatic rings. The van der Waals surface area contributed by atoms with Crippen LogP contribution in [0.2, 0.25) is 0 Å². The first-order valence-corrected chi connectivity index (χ1v) is 6.58. The van der Waals surface area contributed by atoms with Crippen LogP contribution in [0.1, 0.15) is 24.6 Å². The van der Waals surface area contributed by atoms with Crippen molar-refractivity contribution < 1.29 is 5.11 Å². The molecule has 0 saturated heterocycles. The summed E-state index contributed by atoms with van der Waals surface area (Å²) in [6, 6.07) is 4.28. The first-order chi connectivity index (χ1) is 7.36. The van der Waals surface area contributed by atoms with Crippen LogP contribution in [0.5, 0.6) is 0 Å². The third-order valence-corrected chi connectivity index (χ3v) is 3.61. The molecular formula is C12H21NOS. The quantitative estimate of drug-likeness (QED) is 0.668. The van der Waals surface area contributed by atoms with Gasteiger partial charge in [0, 0.05) is 11.5 Å². The van der Waals surface area contributed by atoms with E-state index >= 15 is 0 Å². The largest absolute Gasteiger partial charge is 0.396 e. The van der Waals surface area contributed by atoms with Gasteiger partial charge in [-0.25, -0.2) is 0 Å². The lowest BCUT2D eigenvalue weighted by molar-refractivity contribution is 0.251. The maximum Gasteiger partial charge on any atom is 0.0434 e. The Kier molecular flexibility index (Phi) is 6.64. The zero-order chi connectivity index (χ0) is 10.9. The smallest absolute Gasteiger partial charge is 0.0434 e. The van der Waals surface area contributed by atoms with Crippen LogP contribution in [0, 0.1) is 5.92 Å². The van der Waals surface area contributed by atoms with E-state index < -0.39 is 0 Å². The molecule has 0 aliphatic heterocycles. The number of hydrogen-bond donors (Lipinski definition) is 2. The molecule has 0 saturated carbocycles. The third kappa shape index (κ3) is 5.30. The van der Waals surface area contributed by atoms with Crippen molar-refractivity contribution in [3.05, 3.63) is 22.4 Å². The molecule has 1 heterocycles. The monoisotopic (exact) mass is 227 g/mol. The second-order valence-electron chi connectivity index (χ2n) is 3.82. The Hall–Kier alpha value is -0.380. The first kappa shape index (κ1) is 12.7. The Balaban J connectivity index is 2.05. The Morgan fingerprint density at radius 2 is 2.40 bits per heavy atom. The van der Waals surface area contributed by atoms with Crippen LogP contribution in [0.4, 0.5) is 0 Å². The van der Waals surface area contributed by atoms with E-state index in [-0.39, 0.29) is 0 Å². The average molecular weight is 227 g/mol. The van der Waals surface area contributed by atoms with Crippen molar-refractivity contribution >= 4 is 11.3 Å². The lowest BCUT2D eigenvalue weighted by atomic mass is 10.0. The van der Waals surface area contributed by atoms with Crippen LogP contribution in [-0.4, -0.2) is 24.8 Å². The second-order valence-corrected chi connectivity index (χ2v) is 4.85. The van der Waals surface area contributed by atoms with Crippen molar-refractivity contribution in [1.29, 1.82) is 0 Å². The molecular weight excluding hydrogens is 206 g/mol. The van der Waals surface area contributed by atoms with Gasteiger partial charge >= 0.3 is 0 Å². The van der Waals surface area contributed by atoms with Crippen LogP contribution in [0.15, 0.2) is 17.5 Å². The number of hydrogen-bond acceptors (Lipinski definition) is 3. The zero-order valence-corrected chi connectivity index (χ0v) is 10.2. The molecule has 86 valence electrons. The maximum absolute atomic E-state index is 8.85. The number of thiophene rings is 1. The molecule has 15 heavy (non-hydrogen) atoms. The summed E-state index contributed by atoms with van der Waals surface area (Å²) in [6.45, 7) is 4.57. The molecule has 0 aromatic carbocycles. The molecule has 1 aromatic heterocycles. The summed E-state index contributed by atoms with van der Waals surface area (Å²) in [7, 11) is 0. The van der Waals surface area contributed by atoms with E-state index in [9.17, 15) is 0 Å². The van der Waals surface area contributed by atoms with E-state index in [0.717, 1.165) is 32.4 Å². The summed E-state index contributed by atoms with van der Waals surface area (Å²) in [5.74, 6) is 0.623. The number of nitrogens with one attached hydrogen (secondary N) is 1. The summed E-state index contributed by atoms with van der Waals surface area (Å²) >= 11 is 1.82. The minimum absolute atomic E-state index is 0.311. The molecule has 0 aliphatic rings. The minimum atomic E-state index is 0.311. The highest BCUT2D eigenvalue weighted by atomic mass is 32.1. The van der Waals surface area contributed by atoms with Crippen molar-refractivity contribution in [3.63, 3.8) is 0 Å². The van der Waals surface area contributed by atoms with Gasteiger partial charge in [-0.15, -0.1) is 11.3 Å². The molecule has 0 aliphatic carbocycles. The van der Waals surface area contributed by atoms with Gasteiger partial charge in [0.05, 0.1) is 0 Å². The summed E-state index contributed by atoms with van der Waals surface area (Å²) in [6.07, 6.45) is 3.18. The Morgan fingerprint density at radius 3 is 3.00 bits per heavy atom. The van der Waals surface area contributed by atoms with E-state index in [4.69, 9.17) is 5.11 Å². The average Bonchev–Trinajstić information content (AvgIpc) is 2.75. The normalized spacial score (nSPS) is 12.9. The van der Waals surface area contributed by atoms with E-state index in [1.807, 2.05) is 11.3 Å². The van der Waals surface area contributed by atoms with Crippen LogP contribution < -0.4 is 5.32 Å². The Morgan fingerprint density at radius 1 is 1.53 bits per heavy atom. The Labute approximate surface area is 96.3 Å². The van der Waals surface area contributed by atoms with Crippen LogP contribution >= 0.6 is 11.3 Å². The van der Waals surface area contributed by atoms with Gasteiger partial charge in [-0.2, -0.15) is 0 Å². The van der Waals surface area contributed by atoms with Crippen LogP contribution in [0.3, 0.4) is 0 Å². The summed E-state index contributed by atoms with van der Waals surface area (Å²) in [5.41, 5.74) is 0. The van der Waals surface area contributed by atoms with Gasteiger partial charge < -0.3 is 10.4 Å². The first-order valence-electron chi connectivity index (χ1n) is 5.70. The fraction of sp³-hybridized carbons (Fsp3) is 0.667. The van der Waals surface area contributed by atoms with Gasteiger partial charge in [0.15, 0.2) is 0 Å². The molecule has 1 rings (SSSR count). The Bertz CT molecular complexity index is 236. The number of aliphatic hydroxyl groups is 1. The van der Waals surface area contributed by atoms with Crippen molar-refractivity contribution in [2.45, 2.75) is 26.2 Å². The lowest BCUT2D eigenvalue weighted by Crippen LogP contribution is -2.25. The van der Waals surface area contributed by atoms with Crippen LogP contribution in [0.25, 0.3) is 0 Å². The van der Waals surface area contributed by atoms with Gasteiger partial charge in [0.1, 0.15) is 0 Å². The molecule has 1 unspecified atom stereocenters. The van der Waals surface area contributed by atoms with Gasteiger partial charge in [0.2, 0.25) is 0 Å². The van der Waals surface area contributed by atoms with Crippen molar-refractivity contribution in [3.8, 4) is 0 Å². The topological polar surface area (TPSA) is 32.3 Å². The summed E-state index contributed by atoms with van der Waals surface area (Å²) in [4.78, 5) is 1.44. The summed E-state index contributed by atoms with van der Waals surface area (Å²) < 4.78 is 0. The predicted molar refractivity (Wildman–Crippen MR) is 66.4 cm³/mol. The van der Waals surface area contributed by atoms with Crippen molar-refractivity contribution in [2.75, 3.05) is 19.7 Å². The van der Waals surface area contributed by atoms with E-state index in [1.54, 1.807) is 0 Å². The molecule has 0 amide bonds. The van der Waals surface area contributed by atoms with E-state index in [1.165, 1.54) is 4.88 Å². The molecule has 1 atom stereocenters. The van der Waals surface area contributed by atoms with Crippen LogP contribution in [-0.2, 0) is 6.42 Å².